The van der Waals surface area contributed by atoms with Gasteiger partial charge in [0.2, 0.25) is 0 Å². The van der Waals surface area contributed by atoms with E-state index in [2.05, 4.69) is 25.1 Å². The van der Waals surface area contributed by atoms with Crippen LogP contribution in [0.25, 0.3) is 5.57 Å². The van der Waals surface area contributed by atoms with Gasteiger partial charge in [0.15, 0.2) is 0 Å². The van der Waals surface area contributed by atoms with E-state index in [1.165, 1.54) is 0 Å². The van der Waals surface area contributed by atoms with Gasteiger partial charge in [-0.05, 0) is 63.1 Å². The maximum Gasteiger partial charge on any atom is 0.326 e. The smallest absolute Gasteiger partial charge is 0.326 e. The number of ether oxygens (including phenoxy) is 1. The van der Waals surface area contributed by atoms with Crippen LogP contribution in [0, 0.1) is 6.92 Å². The molecule has 3 heterocycles. The number of carbonyl (C=O) groups excluding carboxylic acids is 4. The molecule has 186 valence electrons. The van der Waals surface area contributed by atoms with Gasteiger partial charge < -0.3 is 9.64 Å². The molecule has 3 amide bonds. The quantitative estimate of drug-likeness (QED) is 0.439. The first-order chi connectivity index (χ1) is 17.0. The van der Waals surface area contributed by atoms with Crippen molar-refractivity contribution in [2.75, 3.05) is 18.1 Å². The third-order valence-corrected chi connectivity index (χ3v) is 8.21. The zero-order chi connectivity index (χ0) is 26.0. The minimum Gasteiger partial charge on any atom is -0.465 e. The zero-order valence-corrected chi connectivity index (χ0v) is 21.8. The van der Waals surface area contributed by atoms with E-state index in [4.69, 9.17) is 4.74 Å². The summed E-state index contributed by atoms with van der Waals surface area (Å²) in [5, 5.41) is -0.584. The van der Waals surface area contributed by atoms with Crippen LogP contribution in [0.4, 0.5) is 10.5 Å². The van der Waals surface area contributed by atoms with Gasteiger partial charge in [0.25, 0.3) is 17.1 Å². The fourth-order valence-corrected chi connectivity index (χ4v) is 6.81. The van der Waals surface area contributed by atoms with E-state index < -0.39 is 29.2 Å². The number of carbonyl (C=O) groups is 4. The van der Waals surface area contributed by atoms with Gasteiger partial charge in [0.1, 0.15) is 6.54 Å². The molecular formula is C28H28N2O5S. The Kier molecular flexibility index (Phi) is 5.63. The van der Waals surface area contributed by atoms with Gasteiger partial charge >= 0.3 is 5.97 Å². The summed E-state index contributed by atoms with van der Waals surface area (Å²) in [5.41, 5.74) is 3.90. The Labute approximate surface area is 214 Å². The fourth-order valence-electron chi connectivity index (χ4n) is 5.88. The molecule has 0 N–H and O–H groups in total. The molecule has 1 atom stereocenters. The number of anilines is 1. The number of rotatable bonds is 4. The summed E-state index contributed by atoms with van der Waals surface area (Å²) in [4.78, 5) is 54.8. The molecule has 1 unspecified atom stereocenters. The first-order valence-corrected chi connectivity index (χ1v) is 12.8. The average Bonchev–Trinajstić information content (AvgIpc) is 3.26. The van der Waals surface area contributed by atoms with Crippen LogP contribution in [0.2, 0.25) is 0 Å². The summed E-state index contributed by atoms with van der Waals surface area (Å²) in [6.07, 6.45) is 0.684. The van der Waals surface area contributed by atoms with E-state index in [-0.39, 0.29) is 28.4 Å². The molecule has 7 nitrogen and oxygen atoms in total. The van der Waals surface area contributed by atoms with Crippen LogP contribution < -0.4 is 4.90 Å². The number of amides is 3. The van der Waals surface area contributed by atoms with Gasteiger partial charge in [-0.1, -0.05) is 48.9 Å². The minimum absolute atomic E-state index is 0.0636. The maximum absolute atomic E-state index is 14.0. The molecule has 0 aromatic heterocycles. The lowest BCUT2D eigenvalue weighted by Crippen LogP contribution is -2.54. The van der Waals surface area contributed by atoms with Crippen LogP contribution in [0.15, 0.2) is 47.4 Å². The van der Waals surface area contributed by atoms with Gasteiger partial charge in [-0.3, -0.25) is 24.1 Å². The molecule has 5 rings (SSSR count). The Morgan fingerprint density at radius 2 is 1.75 bits per heavy atom. The van der Waals surface area contributed by atoms with Gasteiger partial charge in [0.05, 0.1) is 22.8 Å². The minimum atomic E-state index is -0.665. The highest BCUT2D eigenvalue weighted by Gasteiger charge is 2.54. The number of aryl methyl sites for hydroxylation is 1. The number of thioether (sulfide) groups is 1. The highest BCUT2D eigenvalue weighted by atomic mass is 32.2. The van der Waals surface area contributed by atoms with Gasteiger partial charge in [-0.25, -0.2) is 0 Å². The van der Waals surface area contributed by atoms with Crippen molar-refractivity contribution >= 4 is 46.0 Å². The predicted molar refractivity (Wildman–Crippen MR) is 139 cm³/mol. The third-order valence-electron chi connectivity index (χ3n) is 7.23. The monoisotopic (exact) mass is 504 g/mol. The first-order valence-electron chi connectivity index (χ1n) is 12.0. The molecule has 0 spiro atoms. The van der Waals surface area contributed by atoms with Crippen LogP contribution in [0.3, 0.4) is 0 Å². The summed E-state index contributed by atoms with van der Waals surface area (Å²) in [6.45, 7) is 9.57. The van der Waals surface area contributed by atoms with E-state index >= 15 is 0 Å². The molecule has 0 radical (unpaired) electrons. The molecule has 1 fully saturated rings. The number of imide groups is 1. The Bertz CT molecular complexity index is 1360. The highest BCUT2D eigenvalue weighted by molar-refractivity contribution is 8.18. The summed E-state index contributed by atoms with van der Waals surface area (Å²) in [6, 6.07) is 14.3. The van der Waals surface area contributed by atoms with Crippen LogP contribution in [0.5, 0.6) is 0 Å². The lowest BCUT2D eigenvalue weighted by molar-refractivity contribution is -0.145. The first kappa shape index (κ1) is 24.3. The molecule has 2 aromatic carbocycles. The molecule has 0 aliphatic carbocycles. The molecular weight excluding hydrogens is 476 g/mol. The summed E-state index contributed by atoms with van der Waals surface area (Å²) >= 11 is 0.709. The Morgan fingerprint density at radius 3 is 2.42 bits per heavy atom. The molecule has 2 aromatic rings. The van der Waals surface area contributed by atoms with Crippen molar-refractivity contribution in [2.45, 2.75) is 52.0 Å². The lowest BCUT2D eigenvalue weighted by Gasteiger charge is -2.50. The van der Waals surface area contributed by atoms with E-state index in [0.29, 0.717) is 23.7 Å². The molecule has 0 bridgehead atoms. The van der Waals surface area contributed by atoms with Crippen molar-refractivity contribution in [2.24, 2.45) is 0 Å². The molecule has 0 saturated carbocycles. The van der Waals surface area contributed by atoms with Crippen molar-refractivity contribution in [3.63, 3.8) is 0 Å². The molecule has 3 aliphatic heterocycles. The summed E-state index contributed by atoms with van der Waals surface area (Å²) in [7, 11) is 0. The van der Waals surface area contributed by atoms with E-state index in [9.17, 15) is 19.2 Å². The fraction of sp³-hybridized carbons (Fsp3) is 0.357. The lowest BCUT2D eigenvalue weighted by atomic mass is 9.65. The second-order valence-corrected chi connectivity index (χ2v) is 11.3. The number of nitrogens with zero attached hydrogens (tertiary/aromatic N) is 2. The van der Waals surface area contributed by atoms with Crippen molar-refractivity contribution in [3.05, 3.63) is 69.6 Å². The number of benzene rings is 2. The zero-order valence-electron chi connectivity index (χ0n) is 21.0. The summed E-state index contributed by atoms with van der Waals surface area (Å²) < 4.78 is 4.92. The van der Waals surface area contributed by atoms with Crippen LogP contribution in [-0.2, 0) is 24.5 Å². The number of hydrogen-bond donors (Lipinski definition) is 0. The van der Waals surface area contributed by atoms with Gasteiger partial charge in [-0.2, -0.15) is 0 Å². The molecule has 36 heavy (non-hydrogen) atoms. The van der Waals surface area contributed by atoms with E-state index in [1.807, 2.05) is 45.0 Å². The van der Waals surface area contributed by atoms with Crippen molar-refractivity contribution < 1.29 is 23.9 Å². The number of esters is 1. The van der Waals surface area contributed by atoms with Crippen LogP contribution >= 0.6 is 11.8 Å². The van der Waals surface area contributed by atoms with Gasteiger partial charge in [0, 0.05) is 16.5 Å². The highest BCUT2D eigenvalue weighted by Crippen LogP contribution is 2.57. The van der Waals surface area contributed by atoms with E-state index in [1.54, 1.807) is 11.8 Å². The topological polar surface area (TPSA) is 84.0 Å². The normalized spacial score (nSPS) is 24.4. The average molecular weight is 505 g/mol. The van der Waals surface area contributed by atoms with Gasteiger partial charge in [-0.15, -0.1) is 0 Å². The Balaban J connectivity index is 1.71. The second kappa shape index (κ2) is 8.34. The number of hydrogen-bond acceptors (Lipinski definition) is 6. The second-order valence-electron chi connectivity index (χ2n) is 10.3. The van der Waals surface area contributed by atoms with Crippen LogP contribution in [-0.4, -0.2) is 46.6 Å². The van der Waals surface area contributed by atoms with Crippen molar-refractivity contribution in [1.29, 1.82) is 0 Å². The standard InChI is InChI=1S/C28H28N2O5S/c1-6-35-20(31)14-29-25(33)23(36-26(29)34)21-18-12-16(2)13-19-22(18)30(24(21)32)27(3,4)15-28(19,5)17-10-8-7-9-11-17/h7-13H,6,14-15H2,1-5H3. The summed E-state index contributed by atoms with van der Waals surface area (Å²) in [5.74, 6) is -1.60. The van der Waals surface area contributed by atoms with Crippen molar-refractivity contribution in [1.82, 2.24) is 4.90 Å². The molecule has 3 aliphatic rings. The maximum atomic E-state index is 14.0. The van der Waals surface area contributed by atoms with E-state index in [0.717, 1.165) is 27.3 Å². The Hall–Kier alpha value is -3.39. The molecule has 8 heteroatoms. The molecule has 1 saturated heterocycles. The largest absolute Gasteiger partial charge is 0.465 e. The van der Waals surface area contributed by atoms with Crippen LogP contribution in [0.1, 0.15) is 56.4 Å². The Morgan fingerprint density at radius 1 is 1.06 bits per heavy atom. The van der Waals surface area contributed by atoms with Crippen molar-refractivity contribution in [3.8, 4) is 0 Å². The predicted octanol–water partition coefficient (Wildman–Crippen LogP) is 4.80. The third kappa shape index (κ3) is 3.50. The SMILES string of the molecule is CCOC(=O)CN1C(=O)SC(=C2C(=O)N3c4c2cc(C)cc4C(C)(c2ccccc2)CC3(C)C)C1=O.